The zero-order valence-electron chi connectivity index (χ0n) is 12.5. The summed E-state index contributed by atoms with van der Waals surface area (Å²) in [7, 11) is 0. The molecule has 0 N–H and O–H groups in total. The highest BCUT2D eigenvalue weighted by Crippen LogP contribution is 2.33. The third-order valence-corrected chi connectivity index (χ3v) is 4.41. The average Bonchev–Trinajstić information content (AvgIpc) is 2.79. The third kappa shape index (κ3) is 3.51. The van der Waals surface area contributed by atoms with Gasteiger partial charge < -0.3 is 0 Å². The molecule has 1 heterocycles. The number of aryl methyl sites for hydroxylation is 1. The minimum Gasteiger partial charge on any atom is -0.268 e. The molecular formula is C18H14FNO2S. The van der Waals surface area contributed by atoms with Crippen molar-refractivity contribution >= 4 is 29.0 Å². The highest BCUT2D eigenvalue weighted by molar-refractivity contribution is 8.18. The number of carbonyl (C=O) groups is 2. The number of rotatable bonds is 3. The first kappa shape index (κ1) is 15.5. The number of benzene rings is 2. The van der Waals surface area contributed by atoms with Crippen LogP contribution in [-0.4, -0.2) is 16.0 Å². The van der Waals surface area contributed by atoms with Gasteiger partial charge in [-0.1, -0.05) is 42.0 Å². The molecule has 0 atom stereocenters. The first-order chi connectivity index (χ1) is 11.0. The van der Waals surface area contributed by atoms with Crippen LogP contribution >= 0.6 is 11.8 Å². The van der Waals surface area contributed by atoms with Crippen molar-refractivity contribution in [3.63, 3.8) is 0 Å². The predicted molar refractivity (Wildman–Crippen MR) is 89.1 cm³/mol. The largest absolute Gasteiger partial charge is 0.293 e. The Labute approximate surface area is 137 Å². The number of carbonyl (C=O) groups excluding carboxylic acids is 2. The second-order valence-corrected chi connectivity index (χ2v) is 6.30. The number of halogens is 1. The van der Waals surface area contributed by atoms with Crippen LogP contribution in [0.4, 0.5) is 9.18 Å². The van der Waals surface area contributed by atoms with E-state index in [1.807, 2.05) is 31.2 Å². The molecule has 5 heteroatoms. The van der Waals surface area contributed by atoms with E-state index in [-0.39, 0.29) is 23.5 Å². The van der Waals surface area contributed by atoms with Crippen molar-refractivity contribution in [2.24, 2.45) is 0 Å². The normalized spacial score (nSPS) is 16.4. The first-order valence-electron chi connectivity index (χ1n) is 7.09. The quantitative estimate of drug-likeness (QED) is 0.786. The maximum atomic E-state index is 12.9. The van der Waals surface area contributed by atoms with E-state index < -0.39 is 0 Å². The van der Waals surface area contributed by atoms with Crippen LogP contribution in [0.2, 0.25) is 0 Å². The lowest BCUT2D eigenvalue weighted by molar-refractivity contribution is -0.123. The molecule has 0 aromatic heterocycles. The Balaban J connectivity index is 1.79. The number of nitrogens with zero attached hydrogens (tertiary/aromatic N) is 1. The molecule has 0 radical (unpaired) electrons. The standard InChI is InChI=1S/C18H14FNO2S/c1-12-2-4-14(5-3-12)11-20-17(21)16(23-18(20)22)10-13-6-8-15(19)9-7-13/h2-10H,11H2,1H3. The molecule has 2 aromatic carbocycles. The number of hydrogen-bond donors (Lipinski definition) is 0. The summed E-state index contributed by atoms with van der Waals surface area (Å²) < 4.78 is 12.9. The van der Waals surface area contributed by atoms with Crippen molar-refractivity contribution in [1.82, 2.24) is 4.90 Å². The fourth-order valence-corrected chi connectivity index (χ4v) is 3.06. The minimum absolute atomic E-state index is 0.256. The number of thioether (sulfide) groups is 1. The maximum absolute atomic E-state index is 12.9. The predicted octanol–water partition coefficient (Wildman–Crippen LogP) is 4.37. The molecule has 1 saturated heterocycles. The summed E-state index contributed by atoms with van der Waals surface area (Å²) in [6.45, 7) is 2.24. The third-order valence-electron chi connectivity index (χ3n) is 3.50. The van der Waals surface area contributed by atoms with Gasteiger partial charge in [0, 0.05) is 0 Å². The fourth-order valence-electron chi connectivity index (χ4n) is 2.22. The van der Waals surface area contributed by atoms with Crippen molar-refractivity contribution in [2.75, 3.05) is 0 Å². The van der Waals surface area contributed by atoms with Crippen LogP contribution in [0.5, 0.6) is 0 Å². The molecule has 1 aliphatic heterocycles. The van der Waals surface area contributed by atoms with E-state index in [1.165, 1.54) is 17.0 Å². The molecule has 0 unspecified atom stereocenters. The Kier molecular flexibility index (Phi) is 4.30. The Morgan fingerprint density at radius 2 is 1.70 bits per heavy atom. The van der Waals surface area contributed by atoms with Gasteiger partial charge in [-0.25, -0.2) is 4.39 Å². The molecule has 3 nitrogen and oxygen atoms in total. The number of imide groups is 1. The van der Waals surface area contributed by atoms with Crippen molar-refractivity contribution < 1.29 is 14.0 Å². The molecule has 1 aliphatic rings. The fraction of sp³-hybridized carbons (Fsp3) is 0.111. The van der Waals surface area contributed by atoms with Crippen LogP contribution in [-0.2, 0) is 11.3 Å². The van der Waals surface area contributed by atoms with Gasteiger partial charge in [0.05, 0.1) is 11.4 Å². The van der Waals surface area contributed by atoms with Crippen molar-refractivity contribution in [3.05, 3.63) is 75.9 Å². The topological polar surface area (TPSA) is 37.4 Å². The van der Waals surface area contributed by atoms with Crippen molar-refractivity contribution in [3.8, 4) is 0 Å². The van der Waals surface area contributed by atoms with E-state index in [0.717, 1.165) is 22.9 Å². The molecule has 1 fully saturated rings. The van der Waals surface area contributed by atoms with Gasteiger partial charge >= 0.3 is 0 Å². The Morgan fingerprint density at radius 3 is 2.35 bits per heavy atom. The van der Waals surface area contributed by atoms with E-state index in [2.05, 4.69) is 0 Å². The van der Waals surface area contributed by atoms with Crippen LogP contribution in [0.25, 0.3) is 6.08 Å². The Hall–Kier alpha value is -2.40. The van der Waals surface area contributed by atoms with E-state index in [4.69, 9.17) is 0 Å². The van der Waals surface area contributed by atoms with Gasteiger partial charge in [-0.05, 0) is 48.0 Å². The summed E-state index contributed by atoms with van der Waals surface area (Å²) >= 11 is 0.908. The molecule has 2 aromatic rings. The number of hydrogen-bond acceptors (Lipinski definition) is 3. The van der Waals surface area contributed by atoms with Gasteiger partial charge in [0.25, 0.3) is 11.1 Å². The summed E-state index contributed by atoms with van der Waals surface area (Å²) in [4.78, 5) is 26.1. The summed E-state index contributed by atoms with van der Waals surface area (Å²) in [5, 5.41) is -0.288. The van der Waals surface area contributed by atoms with Gasteiger partial charge in [0.15, 0.2) is 0 Å². The number of amides is 2. The first-order valence-corrected chi connectivity index (χ1v) is 7.91. The monoisotopic (exact) mass is 327 g/mol. The lowest BCUT2D eigenvalue weighted by Crippen LogP contribution is -2.27. The van der Waals surface area contributed by atoms with Gasteiger partial charge in [0.1, 0.15) is 5.82 Å². The molecule has 0 spiro atoms. The smallest absolute Gasteiger partial charge is 0.268 e. The van der Waals surface area contributed by atoms with Gasteiger partial charge in [-0.3, -0.25) is 14.5 Å². The van der Waals surface area contributed by atoms with Gasteiger partial charge in [0.2, 0.25) is 0 Å². The molecule has 0 saturated carbocycles. The zero-order valence-corrected chi connectivity index (χ0v) is 13.3. The molecule has 0 aliphatic carbocycles. The zero-order chi connectivity index (χ0) is 16.4. The maximum Gasteiger partial charge on any atom is 0.293 e. The molecule has 23 heavy (non-hydrogen) atoms. The van der Waals surface area contributed by atoms with Crippen molar-refractivity contribution in [2.45, 2.75) is 13.5 Å². The minimum atomic E-state index is -0.338. The van der Waals surface area contributed by atoms with Gasteiger partial charge in [-0.2, -0.15) is 0 Å². The highest BCUT2D eigenvalue weighted by atomic mass is 32.2. The molecule has 116 valence electrons. The molecule has 2 amide bonds. The molecular weight excluding hydrogens is 313 g/mol. The summed E-state index contributed by atoms with van der Waals surface area (Å²) in [6, 6.07) is 13.5. The van der Waals surface area contributed by atoms with E-state index in [1.54, 1.807) is 18.2 Å². The Bertz CT molecular complexity index is 782. The van der Waals surface area contributed by atoms with Crippen LogP contribution < -0.4 is 0 Å². The average molecular weight is 327 g/mol. The van der Waals surface area contributed by atoms with E-state index >= 15 is 0 Å². The van der Waals surface area contributed by atoms with E-state index in [0.29, 0.717) is 10.5 Å². The molecule has 0 bridgehead atoms. The van der Waals surface area contributed by atoms with Gasteiger partial charge in [-0.15, -0.1) is 0 Å². The summed E-state index contributed by atoms with van der Waals surface area (Å²) in [5.74, 6) is -0.653. The molecule has 3 rings (SSSR count). The summed E-state index contributed by atoms with van der Waals surface area (Å²) in [5.41, 5.74) is 2.72. The van der Waals surface area contributed by atoms with E-state index in [9.17, 15) is 14.0 Å². The van der Waals surface area contributed by atoms with Crippen LogP contribution in [0.3, 0.4) is 0 Å². The summed E-state index contributed by atoms with van der Waals surface area (Å²) in [6.07, 6.45) is 1.61. The second kappa shape index (κ2) is 6.38. The lowest BCUT2D eigenvalue weighted by Gasteiger charge is -2.12. The Morgan fingerprint density at radius 1 is 1.04 bits per heavy atom. The van der Waals surface area contributed by atoms with Crippen LogP contribution in [0.1, 0.15) is 16.7 Å². The lowest BCUT2D eigenvalue weighted by atomic mass is 10.1. The van der Waals surface area contributed by atoms with Crippen LogP contribution in [0.15, 0.2) is 53.4 Å². The van der Waals surface area contributed by atoms with Crippen molar-refractivity contribution in [1.29, 1.82) is 0 Å². The highest BCUT2D eigenvalue weighted by Gasteiger charge is 2.34. The second-order valence-electron chi connectivity index (χ2n) is 5.31. The van der Waals surface area contributed by atoms with Crippen LogP contribution in [0, 0.1) is 12.7 Å². The SMILES string of the molecule is Cc1ccc(CN2C(=O)SC(=Cc3ccc(F)cc3)C2=O)cc1.